The van der Waals surface area contributed by atoms with Crippen LogP contribution in [0, 0.1) is 6.07 Å². The van der Waals surface area contributed by atoms with E-state index in [9.17, 15) is 0 Å². The molecule has 3 heteroatoms. The van der Waals surface area contributed by atoms with E-state index in [-0.39, 0.29) is 44.7 Å². The number of benzene rings is 2. The van der Waals surface area contributed by atoms with Crippen molar-refractivity contribution in [3.63, 3.8) is 0 Å². The zero-order valence-electron chi connectivity index (χ0n) is 8.19. The van der Waals surface area contributed by atoms with Crippen LogP contribution in [0.5, 0.6) is 0 Å². The molecule has 0 aliphatic carbocycles. The van der Waals surface area contributed by atoms with Gasteiger partial charge in [-0.15, -0.1) is 22.5 Å². The molecule has 0 bridgehead atoms. The van der Waals surface area contributed by atoms with E-state index in [0.717, 1.165) is 0 Å². The van der Waals surface area contributed by atoms with Gasteiger partial charge in [0.1, 0.15) is 0 Å². The minimum atomic E-state index is 0. The van der Waals surface area contributed by atoms with Gasteiger partial charge < -0.3 is 4.70 Å². The molecule has 2 aromatic carbocycles. The fourth-order valence-corrected chi connectivity index (χ4v) is 1.21. The molecule has 0 heterocycles. The van der Waals surface area contributed by atoms with Crippen LogP contribution in [0.2, 0.25) is 0 Å². The van der Waals surface area contributed by atoms with Crippen LogP contribution in [0.1, 0.15) is 0 Å². The maximum Gasteiger partial charge on any atom is 2.00 e. The summed E-state index contributed by atoms with van der Waals surface area (Å²) in [5.74, 6) is 0. The molecule has 0 unspecified atom stereocenters. The van der Waals surface area contributed by atoms with Crippen molar-refractivity contribution in [3.05, 3.63) is 60.7 Å². The van der Waals surface area contributed by atoms with Crippen molar-refractivity contribution in [2.24, 2.45) is 0 Å². The quantitative estimate of drug-likeness (QED) is 0.521. The fraction of sp³-hybridized carbons (Fsp3) is 0. The van der Waals surface area contributed by atoms with Crippen LogP contribution in [0.3, 0.4) is 0 Å². The SMILES string of the molecule is Br.[F-].[Mg+2].[c-]1ccc(-c2ccccc2)cc1. The molecule has 15 heavy (non-hydrogen) atoms. The van der Waals surface area contributed by atoms with Crippen LogP contribution in [-0.4, -0.2) is 23.1 Å². The first-order valence-electron chi connectivity index (χ1n) is 3.98. The number of hydrogen-bond donors (Lipinski definition) is 0. The van der Waals surface area contributed by atoms with Crippen molar-refractivity contribution in [1.82, 2.24) is 0 Å². The van der Waals surface area contributed by atoms with Crippen LogP contribution < -0.4 is 4.70 Å². The van der Waals surface area contributed by atoms with E-state index in [0.29, 0.717) is 0 Å². The molecule has 0 spiro atoms. The Morgan fingerprint density at radius 2 is 1.20 bits per heavy atom. The average Bonchev–Trinajstić information content (AvgIpc) is 2.21. The van der Waals surface area contributed by atoms with Gasteiger partial charge in [0.15, 0.2) is 0 Å². The van der Waals surface area contributed by atoms with Gasteiger partial charge in [0.25, 0.3) is 0 Å². The summed E-state index contributed by atoms with van der Waals surface area (Å²) in [7, 11) is 0. The summed E-state index contributed by atoms with van der Waals surface area (Å²) in [6, 6.07) is 21.3. The van der Waals surface area contributed by atoms with E-state index in [1.165, 1.54) is 11.1 Å². The molecule has 0 amide bonds. The summed E-state index contributed by atoms with van der Waals surface area (Å²) in [6.45, 7) is 0. The number of rotatable bonds is 1. The minimum absolute atomic E-state index is 0. The Morgan fingerprint density at radius 1 is 0.733 bits per heavy atom. The topological polar surface area (TPSA) is 0 Å². The first-order valence-corrected chi connectivity index (χ1v) is 3.98. The molecule has 74 valence electrons. The zero-order chi connectivity index (χ0) is 8.23. The average molecular weight is 277 g/mol. The molecule has 0 atom stereocenters. The smallest absolute Gasteiger partial charge is 1.00 e. The molecule has 0 fully saturated rings. The van der Waals surface area contributed by atoms with E-state index >= 15 is 0 Å². The summed E-state index contributed by atoms with van der Waals surface area (Å²) in [6.07, 6.45) is 0. The van der Waals surface area contributed by atoms with Gasteiger partial charge in [-0.3, -0.25) is 0 Å². The van der Waals surface area contributed by atoms with Crippen molar-refractivity contribution >= 4 is 40.0 Å². The molecule has 0 radical (unpaired) electrons. The van der Waals surface area contributed by atoms with Crippen LogP contribution in [0.25, 0.3) is 11.1 Å². The van der Waals surface area contributed by atoms with Crippen LogP contribution in [-0.2, 0) is 0 Å². The van der Waals surface area contributed by atoms with E-state index in [4.69, 9.17) is 0 Å². The predicted octanol–water partition coefficient (Wildman–Crippen LogP) is 0.355. The monoisotopic (exact) mass is 276 g/mol. The standard InChI is InChI=1S/C12H9.BrH.FH.Mg/c1-3-7-11(8-4-1)12-9-5-2-6-10-12;;;/h1,3-10H;2*1H;/q-1;;;+2/p-1. The maximum absolute atomic E-state index is 3.00. The second-order valence-corrected chi connectivity index (χ2v) is 2.65. The van der Waals surface area contributed by atoms with E-state index in [1.807, 2.05) is 30.3 Å². The van der Waals surface area contributed by atoms with Crippen molar-refractivity contribution in [2.75, 3.05) is 0 Å². The van der Waals surface area contributed by atoms with Crippen LogP contribution >= 0.6 is 17.0 Å². The first-order chi connectivity index (χ1) is 5.97. The van der Waals surface area contributed by atoms with Crippen LogP contribution in [0.15, 0.2) is 54.6 Å². The Hall–Kier alpha value is -0.384. The van der Waals surface area contributed by atoms with Gasteiger partial charge in [-0.05, 0) is 5.56 Å². The predicted molar refractivity (Wildman–Crippen MR) is 66.8 cm³/mol. The van der Waals surface area contributed by atoms with E-state index in [1.54, 1.807) is 0 Å². The van der Waals surface area contributed by atoms with Crippen LogP contribution in [0.4, 0.5) is 0 Å². The molecule has 0 saturated heterocycles. The second kappa shape index (κ2) is 8.89. The summed E-state index contributed by atoms with van der Waals surface area (Å²) >= 11 is 0. The first kappa shape index (κ1) is 17.0. The molecule has 0 N–H and O–H groups in total. The van der Waals surface area contributed by atoms with Gasteiger partial charge in [0.05, 0.1) is 0 Å². The molecule has 0 aromatic heterocycles. The maximum atomic E-state index is 3.00. The molecule has 2 rings (SSSR count). The Kier molecular flexibility index (Phi) is 10.1. The second-order valence-electron chi connectivity index (χ2n) is 2.65. The molecule has 0 nitrogen and oxygen atoms in total. The molecular formula is C12H10BrFMg. The molecule has 0 aliphatic rings. The summed E-state index contributed by atoms with van der Waals surface area (Å²) in [5.41, 5.74) is 2.50. The van der Waals surface area contributed by atoms with Gasteiger partial charge in [0, 0.05) is 0 Å². The van der Waals surface area contributed by atoms with Gasteiger partial charge in [-0.25, -0.2) is 0 Å². The summed E-state index contributed by atoms with van der Waals surface area (Å²) < 4.78 is 0. The fourth-order valence-electron chi connectivity index (χ4n) is 1.21. The molecule has 0 aliphatic heterocycles. The normalized spacial score (nSPS) is 7.73. The Morgan fingerprint density at radius 3 is 1.73 bits per heavy atom. The van der Waals surface area contributed by atoms with Gasteiger partial charge >= 0.3 is 23.1 Å². The Labute approximate surface area is 116 Å². The third-order valence-corrected chi connectivity index (χ3v) is 1.83. The van der Waals surface area contributed by atoms with Crippen molar-refractivity contribution in [3.8, 4) is 11.1 Å². The van der Waals surface area contributed by atoms with Crippen molar-refractivity contribution in [2.45, 2.75) is 0 Å². The van der Waals surface area contributed by atoms with E-state index < -0.39 is 0 Å². The van der Waals surface area contributed by atoms with E-state index in [2.05, 4.69) is 30.3 Å². The van der Waals surface area contributed by atoms with Crippen molar-refractivity contribution in [1.29, 1.82) is 0 Å². The Bertz CT molecular complexity index is 313. The summed E-state index contributed by atoms with van der Waals surface area (Å²) in [4.78, 5) is 0. The summed E-state index contributed by atoms with van der Waals surface area (Å²) in [5, 5.41) is 0. The third kappa shape index (κ3) is 4.77. The molecule has 2 aromatic rings. The molecular weight excluding hydrogens is 267 g/mol. The van der Waals surface area contributed by atoms with Gasteiger partial charge in [-0.1, -0.05) is 30.3 Å². The van der Waals surface area contributed by atoms with Crippen molar-refractivity contribution < 1.29 is 4.70 Å². The zero-order valence-corrected chi connectivity index (χ0v) is 11.3. The van der Waals surface area contributed by atoms with Gasteiger partial charge in [0.2, 0.25) is 0 Å². The largest absolute Gasteiger partial charge is 2.00 e. The Balaban J connectivity index is 0. The third-order valence-electron chi connectivity index (χ3n) is 1.83. The number of halogens is 2. The number of hydrogen-bond acceptors (Lipinski definition) is 0. The van der Waals surface area contributed by atoms with Gasteiger partial charge in [-0.2, -0.15) is 30.3 Å². The minimum Gasteiger partial charge on any atom is -1.00 e. The molecule has 0 saturated carbocycles.